The normalized spacial score (nSPS) is 12.6. The lowest BCUT2D eigenvalue weighted by atomic mass is 9.94. The van der Waals surface area contributed by atoms with Gasteiger partial charge in [0.05, 0.1) is 5.69 Å². The molecule has 1 aromatic carbocycles. The van der Waals surface area contributed by atoms with Gasteiger partial charge < -0.3 is 5.73 Å². The van der Waals surface area contributed by atoms with E-state index in [1.165, 1.54) is 11.3 Å². The summed E-state index contributed by atoms with van der Waals surface area (Å²) < 4.78 is 2.07. The van der Waals surface area contributed by atoms with Gasteiger partial charge in [-0.15, -0.1) is 0 Å². The molecule has 0 spiro atoms. The Kier molecular flexibility index (Phi) is 5.21. The Morgan fingerprint density at radius 1 is 1.25 bits per heavy atom. The minimum absolute atomic E-state index is 0.428. The Morgan fingerprint density at radius 2 is 1.95 bits per heavy atom. The van der Waals surface area contributed by atoms with Crippen LogP contribution in [0.15, 0.2) is 30.3 Å². The van der Waals surface area contributed by atoms with Crippen LogP contribution < -0.4 is 5.73 Å². The number of hydrogen-bond donors (Lipinski definition) is 1. The molecule has 0 fully saturated rings. The van der Waals surface area contributed by atoms with Crippen LogP contribution in [0.5, 0.6) is 0 Å². The first-order chi connectivity index (χ1) is 9.62. The number of rotatable bonds is 6. The standard InChI is InChI=1S/C16H22ClN3/c1-3-20-16(8-12(2)19-20)10-14(11-18)9-13-4-6-15(17)7-5-13/h4-8,14H,3,9-11,18H2,1-2H3. The molecule has 2 aromatic rings. The van der Waals surface area contributed by atoms with Gasteiger partial charge in [0, 0.05) is 17.3 Å². The summed E-state index contributed by atoms with van der Waals surface area (Å²) in [4.78, 5) is 0. The average molecular weight is 292 g/mol. The Morgan fingerprint density at radius 3 is 2.55 bits per heavy atom. The number of aromatic nitrogens is 2. The summed E-state index contributed by atoms with van der Waals surface area (Å²) >= 11 is 5.92. The summed E-state index contributed by atoms with van der Waals surface area (Å²) in [5.74, 6) is 0.428. The second-order valence-corrected chi connectivity index (χ2v) is 5.67. The first-order valence-corrected chi connectivity index (χ1v) is 7.48. The van der Waals surface area contributed by atoms with E-state index in [1.807, 2.05) is 19.1 Å². The molecule has 1 aromatic heterocycles. The predicted molar refractivity (Wildman–Crippen MR) is 84.0 cm³/mol. The van der Waals surface area contributed by atoms with Gasteiger partial charge in [0.25, 0.3) is 0 Å². The molecule has 20 heavy (non-hydrogen) atoms. The molecule has 3 nitrogen and oxygen atoms in total. The maximum atomic E-state index is 5.94. The van der Waals surface area contributed by atoms with Crippen molar-refractivity contribution in [3.63, 3.8) is 0 Å². The highest BCUT2D eigenvalue weighted by atomic mass is 35.5. The topological polar surface area (TPSA) is 43.8 Å². The predicted octanol–water partition coefficient (Wildman–Crippen LogP) is 3.22. The number of nitrogens with two attached hydrogens (primary N) is 1. The van der Waals surface area contributed by atoms with Gasteiger partial charge in [-0.2, -0.15) is 5.10 Å². The summed E-state index contributed by atoms with van der Waals surface area (Å²) in [6.45, 7) is 5.73. The third kappa shape index (κ3) is 3.84. The van der Waals surface area contributed by atoms with Gasteiger partial charge in [-0.05, 0) is 62.9 Å². The van der Waals surface area contributed by atoms with Crippen molar-refractivity contribution in [3.05, 3.63) is 52.3 Å². The molecule has 0 radical (unpaired) electrons. The van der Waals surface area contributed by atoms with Gasteiger partial charge in [0.15, 0.2) is 0 Å². The second kappa shape index (κ2) is 6.91. The molecule has 1 heterocycles. The van der Waals surface area contributed by atoms with Crippen LogP contribution in [-0.2, 0) is 19.4 Å². The Bertz CT molecular complexity index is 545. The van der Waals surface area contributed by atoms with Crippen LogP contribution in [0, 0.1) is 12.8 Å². The van der Waals surface area contributed by atoms with Crippen molar-refractivity contribution in [2.24, 2.45) is 11.7 Å². The third-order valence-electron chi connectivity index (χ3n) is 3.55. The average Bonchev–Trinajstić information content (AvgIpc) is 2.80. The first kappa shape index (κ1) is 15.1. The van der Waals surface area contributed by atoms with Crippen LogP contribution in [0.2, 0.25) is 5.02 Å². The van der Waals surface area contributed by atoms with Crippen LogP contribution in [0.3, 0.4) is 0 Å². The zero-order chi connectivity index (χ0) is 14.5. The van der Waals surface area contributed by atoms with E-state index in [9.17, 15) is 0 Å². The van der Waals surface area contributed by atoms with Crippen molar-refractivity contribution in [1.29, 1.82) is 0 Å². The monoisotopic (exact) mass is 291 g/mol. The lowest BCUT2D eigenvalue weighted by molar-refractivity contribution is 0.499. The fraction of sp³-hybridized carbons (Fsp3) is 0.438. The Balaban J connectivity index is 2.06. The summed E-state index contributed by atoms with van der Waals surface area (Å²) in [5, 5.41) is 5.27. The quantitative estimate of drug-likeness (QED) is 0.888. The van der Waals surface area contributed by atoms with E-state index in [1.54, 1.807) is 0 Å². The van der Waals surface area contributed by atoms with Crippen molar-refractivity contribution >= 4 is 11.6 Å². The smallest absolute Gasteiger partial charge is 0.0596 e. The highest BCUT2D eigenvalue weighted by molar-refractivity contribution is 6.30. The molecule has 2 N–H and O–H groups in total. The van der Waals surface area contributed by atoms with Crippen molar-refractivity contribution in [1.82, 2.24) is 9.78 Å². The number of hydrogen-bond acceptors (Lipinski definition) is 2. The minimum Gasteiger partial charge on any atom is -0.330 e. The van der Waals surface area contributed by atoms with Crippen molar-refractivity contribution in [2.45, 2.75) is 33.2 Å². The highest BCUT2D eigenvalue weighted by Crippen LogP contribution is 2.17. The van der Waals surface area contributed by atoms with Gasteiger partial charge in [-0.25, -0.2) is 0 Å². The fourth-order valence-electron chi connectivity index (χ4n) is 2.53. The number of benzene rings is 1. The molecule has 0 aliphatic heterocycles. The molecular formula is C16H22ClN3. The summed E-state index contributed by atoms with van der Waals surface area (Å²) in [7, 11) is 0. The number of nitrogens with zero attached hydrogens (tertiary/aromatic N) is 2. The molecule has 0 saturated carbocycles. The molecule has 2 rings (SSSR count). The summed E-state index contributed by atoms with van der Waals surface area (Å²) in [5.41, 5.74) is 9.57. The van der Waals surface area contributed by atoms with Gasteiger partial charge in [-0.1, -0.05) is 23.7 Å². The fourth-order valence-corrected chi connectivity index (χ4v) is 2.65. The Labute approximate surface area is 125 Å². The minimum atomic E-state index is 0.428. The maximum Gasteiger partial charge on any atom is 0.0596 e. The molecule has 0 bridgehead atoms. The van der Waals surface area contributed by atoms with Crippen LogP contribution in [0.25, 0.3) is 0 Å². The van der Waals surface area contributed by atoms with E-state index in [-0.39, 0.29) is 0 Å². The number of aryl methyl sites for hydroxylation is 2. The highest BCUT2D eigenvalue weighted by Gasteiger charge is 2.13. The second-order valence-electron chi connectivity index (χ2n) is 5.23. The summed E-state index contributed by atoms with van der Waals surface area (Å²) in [6.07, 6.45) is 1.94. The molecule has 4 heteroatoms. The number of halogens is 1. The largest absolute Gasteiger partial charge is 0.330 e. The lowest BCUT2D eigenvalue weighted by Crippen LogP contribution is -2.21. The van der Waals surface area contributed by atoms with Gasteiger partial charge in [0.1, 0.15) is 0 Å². The first-order valence-electron chi connectivity index (χ1n) is 7.10. The van der Waals surface area contributed by atoms with Crippen molar-refractivity contribution in [3.8, 4) is 0 Å². The summed E-state index contributed by atoms with van der Waals surface area (Å²) in [6, 6.07) is 10.2. The Hall–Kier alpha value is -1.32. The zero-order valence-corrected chi connectivity index (χ0v) is 12.9. The van der Waals surface area contributed by atoms with E-state index in [4.69, 9.17) is 17.3 Å². The van der Waals surface area contributed by atoms with Crippen LogP contribution >= 0.6 is 11.6 Å². The zero-order valence-electron chi connectivity index (χ0n) is 12.1. The van der Waals surface area contributed by atoms with Crippen molar-refractivity contribution in [2.75, 3.05) is 6.54 Å². The molecule has 0 aliphatic rings. The van der Waals surface area contributed by atoms with Crippen molar-refractivity contribution < 1.29 is 0 Å². The molecule has 0 aliphatic carbocycles. The molecule has 0 saturated heterocycles. The van der Waals surface area contributed by atoms with E-state index >= 15 is 0 Å². The molecule has 0 amide bonds. The SMILES string of the molecule is CCn1nc(C)cc1CC(CN)Cc1ccc(Cl)cc1. The van der Waals surface area contributed by atoms with Gasteiger partial charge in [-0.3, -0.25) is 4.68 Å². The van der Waals surface area contributed by atoms with Crippen LogP contribution in [0.4, 0.5) is 0 Å². The lowest BCUT2D eigenvalue weighted by Gasteiger charge is -2.15. The van der Waals surface area contributed by atoms with E-state index < -0.39 is 0 Å². The van der Waals surface area contributed by atoms with Crippen LogP contribution in [-0.4, -0.2) is 16.3 Å². The molecule has 1 unspecified atom stereocenters. The molecular weight excluding hydrogens is 270 g/mol. The van der Waals surface area contributed by atoms with E-state index in [2.05, 4.69) is 34.9 Å². The molecule has 1 atom stereocenters. The van der Waals surface area contributed by atoms with Gasteiger partial charge >= 0.3 is 0 Å². The van der Waals surface area contributed by atoms with E-state index in [0.29, 0.717) is 12.5 Å². The molecule has 108 valence electrons. The third-order valence-corrected chi connectivity index (χ3v) is 3.81. The van der Waals surface area contributed by atoms with Crippen LogP contribution in [0.1, 0.15) is 23.9 Å². The van der Waals surface area contributed by atoms with E-state index in [0.717, 1.165) is 30.1 Å². The van der Waals surface area contributed by atoms with Gasteiger partial charge in [0.2, 0.25) is 0 Å². The maximum absolute atomic E-state index is 5.94.